The summed E-state index contributed by atoms with van der Waals surface area (Å²) in [5.74, 6) is -0.289. The number of hydrogen-bond donors (Lipinski definition) is 2. The first-order valence-corrected chi connectivity index (χ1v) is 10.7. The van der Waals surface area contributed by atoms with E-state index in [0.717, 1.165) is 28.8 Å². The molecular formula is C25H30N2O5. The maximum atomic E-state index is 12.4. The third kappa shape index (κ3) is 6.42. The van der Waals surface area contributed by atoms with Crippen LogP contribution in [0.25, 0.3) is 11.0 Å². The lowest BCUT2D eigenvalue weighted by Crippen LogP contribution is -2.31. The fraction of sp³-hybridized carbons (Fsp3) is 0.360. The summed E-state index contributed by atoms with van der Waals surface area (Å²) in [6.07, 6.45) is 1.27. The third-order valence-electron chi connectivity index (χ3n) is 5.42. The molecule has 0 fully saturated rings. The molecule has 0 saturated carbocycles. The van der Waals surface area contributed by atoms with E-state index < -0.39 is 17.5 Å². The van der Waals surface area contributed by atoms with Crippen molar-refractivity contribution >= 4 is 16.9 Å². The first-order chi connectivity index (χ1) is 15.4. The summed E-state index contributed by atoms with van der Waals surface area (Å²) in [5, 5.41) is 10.0. The molecule has 1 aromatic heterocycles. The monoisotopic (exact) mass is 438 g/mol. The number of carbonyl (C=O) groups is 1. The lowest BCUT2D eigenvalue weighted by atomic mass is 9.92. The summed E-state index contributed by atoms with van der Waals surface area (Å²) >= 11 is 0. The fourth-order valence-corrected chi connectivity index (χ4v) is 3.55. The van der Waals surface area contributed by atoms with Gasteiger partial charge < -0.3 is 14.1 Å². The number of benzene rings is 2. The highest BCUT2D eigenvalue weighted by molar-refractivity contribution is 5.79. The van der Waals surface area contributed by atoms with Crippen molar-refractivity contribution in [2.24, 2.45) is 5.92 Å². The van der Waals surface area contributed by atoms with E-state index >= 15 is 0 Å². The van der Waals surface area contributed by atoms with Gasteiger partial charge in [0.25, 0.3) is 0 Å². The lowest BCUT2D eigenvalue weighted by Gasteiger charge is -2.15. The molecule has 0 bridgehead atoms. The minimum atomic E-state index is -0.568. The molecule has 0 spiro atoms. The van der Waals surface area contributed by atoms with Crippen LogP contribution in [0.5, 0.6) is 5.75 Å². The van der Waals surface area contributed by atoms with Crippen LogP contribution >= 0.6 is 0 Å². The third-order valence-corrected chi connectivity index (χ3v) is 5.42. The van der Waals surface area contributed by atoms with E-state index in [1.807, 2.05) is 57.4 Å². The Bertz CT molecular complexity index is 1110. The smallest absolute Gasteiger partial charge is 0.339 e. The van der Waals surface area contributed by atoms with Crippen molar-refractivity contribution in [3.05, 3.63) is 75.6 Å². The topological polar surface area (TPSA) is 92.0 Å². The molecule has 7 heteroatoms. The summed E-state index contributed by atoms with van der Waals surface area (Å²) < 4.78 is 11.1. The largest absolute Gasteiger partial charge is 0.492 e. The SMILES string of the molecule is Cc1ccc2oc(=O)c(CC(CCc3ccc(OCCN(C)C)cc3)C(=O)NO)cc2c1. The summed E-state index contributed by atoms with van der Waals surface area (Å²) in [7, 11) is 3.99. The van der Waals surface area contributed by atoms with Crippen LogP contribution in [0.1, 0.15) is 23.1 Å². The van der Waals surface area contributed by atoms with Crippen molar-refractivity contribution in [2.45, 2.75) is 26.2 Å². The number of nitrogens with one attached hydrogen (secondary N) is 1. The summed E-state index contributed by atoms with van der Waals surface area (Å²) in [4.78, 5) is 26.8. The van der Waals surface area contributed by atoms with E-state index in [1.54, 1.807) is 17.6 Å². The van der Waals surface area contributed by atoms with Crippen LogP contribution in [0.15, 0.2) is 57.7 Å². The number of fused-ring (bicyclic) bond motifs is 1. The number of rotatable bonds is 10. The minimum absolute atomic E-state index is 0.185. The van der Waals surface area contributed by atoms with Crippen molar-refractivity contribution in [2.75, 3.05) is 27.2 Å². The molecule has 1 unspecified atom stereocenters. The Labute approximate surface area is 187 Å². The van der Waals surface area contributed by atoms with Gasteiger partial charge in [-0.25, -0.2) is 10.3 Å². The number of nitrogens with zero attached hydrogens (tertiary/aromatic N) is 1. The second-order valence-electron chi connectivity index (χ2n) is 8.31. The molecule has 0 aliphatic heterocycles. The predicted octanol–water partition coefficient (Wildman–Crippen LogP) is 3.34. The number of hydroxylamine groups is 1. The Morgan fingerprint density at radius 1 is 1.16 bits per heavy atom. The first kappa shape index (κ1) is 23.5. The second kappa shape index (κ2) is 10.9. The van der Waals surface area contributed by atoms with Gasteiger partial charge in [-0.15, -0.1) is 0 Å². The van der Waals surface area contributed by atoms with Gasteiger partial charge in [0.05, 0.1) is 0 Å². The second-order valence-corrected chi connectivity index (χ2v) is 8.31. The molecule has 0 aliphatic carbocycles. The maximum Gasteiger partial charge on any atom is 0.339 e. The molecule has 1 atom stereocenters. The van der Waals surface area contributed by atoms with Gasteiger partial charge in [-0.2, -0.15) is 0 Å². The van der Waals surface area contributed by atoms with Crippen LogP contribution in [-0.4, -0.2) is 43.3 Å². The van der Waals surface area contributed by atoms with Gasteiger partial charge in [0.2, 0.25) is 5.91 Å². The van der Waals surface area contributed by atoms with Gasteiger partial charge >= 0.3 is 5.63 Å². The highest BCUT2D eigenvalue weighted by Crippen LogP contribution is 2.20. The summed E-state index contributed by atoms with van der Waals surface area (Å²) in [6, 6.07) is 15.1. The minimum Gasteiger partial charge on any atom is -0.492 e. The average Bonchev–Trinajstić information content (AvgIpc) is 2.77. The number of ether oxygens (including phenoxy) is 1. The van der Waals surface area contributed by atoms with Crippen molar-refractivity contribution in [1.29, 1.82) is 0 Å². The van der Waals surface area contributed by atoms with Crippen molar-refractivity contribution < 1.29 is 19.2 Å². The molecule has 2 aromatic carbocycles. The van der Waals surface area contributed by atoms with E-state index in [-0.39, 0.29) is 6.42 Å². The van der Waals surface area contributed by atoms with E-state index in [2.05, 4.69) is 4.90 Å². The summed E-state index contributed by atoms with van der Waals surface area (Å²) in [5.41, 5.74) is 4.30. The zero-order valence-corrected chi connectivity index (χ0v) is 18.8. The molecule has 0 saturated heterocycles. The maximum absolute atomic E-state index is 12.4. The van der Waals surface area contributed by atoms with Gasteiger partial charge in [0.1, 0.15) is 17.9 Å². The van der Waals surface area contributed by atoms with Crippen molar-refractivity contribution in [3.8, 4) is 5.75 Å². The Kier molecular flexibility index (Phi) is 8.03. The number of amides is 1. The first-order valence-electron chi connectivity index (χ1n) is 10.7. The fourth-order valence-electron chi connectivity index (χ4n) is 3.55. The zero-order chi connectivity index (χ0) is 23.1. The van der Waals surface area contributed by atoms with E-state index in [1.165, 1.54) is 0 Å². The zero-order valence-electron chi connectivity index (χ0n) is 18.8. The molecule has 32 heavy (non-hydrogen) atoms. The quantitative estimate of drug-likeness (QED) is 0.287. The molecule has 1 amide bonds. The van der Waals surface area contributed by atoms with Crippen LogP contribution in [0.4, 0.5) is 0 Å². The molecule has 0 radical (unpaired) electrons. The standard InChI is InChI=1S/C25H30N2O5/c1-17-4-11-23-20(14-17)16-21(25(29)32-23)15-19(24(28)26-30)8-5-18-6-9-22(10-7-18)31-13-12-27(2)3/h4,6-7,9-11,14,16,19,30H,5,8,12-13,15H2,1-3H3,(H,26,28). The van der Waals surface area contributed by atoms with Crippen molar-refractivity contribution in [1.82, 2.24) is 10.4 Å². The number of aryl methyl sites for hydroxylation is 2. The van der Waals surface area contributed by atoms with E-state index in [9.17, 15) is 14.8 Å². The Hall–Kier alpha value is -3.16. The molecule has 2 N–H and O–H groups in total. The van der Waals surface area contributed by atoms with Crippen LogP contribution in [0.2, 0.25) is 0 Å². The molecule has 0 aliphatic rings. The lowest BCUT2D eigenvalue weighted by molar-refractivity contribution is -0.133. The van der Waals surface area contributed by atoms with Crippen LogP contribution in [-0.2, 0) is 17.6 Å². The molecule has 7 nitrogen and oxygen atoms in total. The van der Waals surface area contributed by atoms with Gasteiger partial charge in [0, 0.05) is 23.4 Å². The summed E-state index contributed by atoms with van der Waals surface area (Å²) in [6.45, 7) is 3.41. The Balaban J connectivity index is 1.67. The van der Waals surface area contributed by atoms with E-state index in [0.29, 0.717) is 30.6 Å². The van der Waals surface area contributed by atoms with Gasteiger partial charge in [-0.3, -0.25) is 10.0 Å². The highest BCUT2D eigenvalue weighted by Gasteiger charge is 2.21. The van der Waals surface area contributed by atoms with Gasteiger partial charge in [-0.1, -0.05) is 23.8 Å². The van der Waals surface area contributed by atoms with E-state index in [4.69, 9.17) is 9.15 Å². The predicted molar refractivity (Wildman–Crippen MR) is 123 cm³/mol. The van der Waals surface area contributed by atoms with Crippen LogP contribution < -0.4 is 15.8 Å². The number of hydrogen-bond acceptors (Lipinski definition) is 6. The van der Waals surface area contributed by atoms with Crippen LogP contribution in [0.3, 0.4) is 0 Å². The average molecular weight is 439 g/mol. The molecule has 3 aromatic rings. The molecule has 3 rings (SSSR count). The molecule has 170 valence electrons. The molecule has 1 heterocycles. The Morgan fingerprint density at radius 3 is 2.59 bits per heavy atom. The number of likely N-dealkylation sites (N-methyl/N-ethyl adjacent to an activating group) is 1. The molecular weight excluding hydrogens is 408 g/mol. The Morgan fingerprint density at radius 2 is 1.91 bits per heavy atom. The van der Waals surface area contributed by atoms with Gasteiger partial charge in [0.15, 0.2) is 0 Å². The normalized spacial score (nSPS) is 12.2. The van der Waals surface area contributed by atoms with Crippen LogP contribution in [0, 0.1) is 12.8 Å². The van der Waals surface area contributed by atoms with Crippen molar-refractivity contribution in [3.63, 3.8) is 0 Å². The highest BCUT2D eigenvalue weighted by atomic mass is 16.5. The number of carbonyl (C=O) groups excluding carboxylic acids is 1. The van der Waals surface area contributed by atoms with Gasteiger partial charge in [-0.05, 0) is 76.2 Å².